The molecule has 27 heavy (non-hydrogen) atoms. The second-order valence-corrected chi connectivity index (χ2v) is 8.02. The van der Waals surface area contributed by atoms with Crippen molar-refractivity contribution < 1.29 is 9.90 Å². The van der Waals surface area contributed by atoms with E-state index in [1.807, 2.05) is 44.2 Å². The van der Waals surface area contributed by atoms with Gasteiger partial charge in [0.1, 0.15) is 11.6 Å². The molecule has 0 saturated carbocycles. The fraction of sp³-hybridized carbons (Fsp3) is 0.200. The van der Waals surface area contributed by atoms with Crippen molar-refractivity contribution in [3.05, 3.63) is 69.9 Å². The van der Waals surface area contributed by atoms with Crippen LogP contribution in [0.3, 0.4) is 0 Å². The monoisotopic (exact) mass is 399 g/mol. The number of thioether (sulfide) groups is 1. The number of phenolic OH excluding ortho intramolecular Hbond substituents is 1. The number of fused-ring (bicyclic) bond motifs is 1. The van der Waals surface area contributed by atoms with Crippen LogP contribution in [0.25, 0.3) is 5.69 Å². The van der Waals surface area contributed by atoms with Gasteiger partial charge in [-0.2, -0.15) is 5.10 Å². The molecule has 1 atom stereocenters. The molecule has 138 valence electrons. The van der Waals surface area contributed by atoms with Gasteiger partial charge in [0.05, 0.1) is 22.4 Å². The normalized spacial score (nSPS) is 16.6. The predicted octanol–water partition coefficient (Wildman–Crippen LogP) is 4.62. The first kappa shape index (κ1) is 17.9. The molecule has 5 nitrogen and oxygen atoms in total. The first-order chi connectivity index (χ1) is 12.9. The minimum absolute atomic E-state index is 0.0609. The first-order valence-corrected chi connectivity index (χ1v) is 9.93. The van der Waals surface area contributed by atoms with Crippen LogP contribution < -0.4 is 5.32 Å². The predicted molar refractivity (Wildman–Crippen MR) is 109 cm³/mol. The van der Waals surface area contributed by atoms with Crippen LogP contribution in [0.5, 0.6) is 5.75 Å². The van der Waals surface area contributed by atoms with E-state index in [1.54, 1.807) is 28.6 Å². The van der Waals surface area contributed by atoms with Gasteiger partial charge in [0, 0.05) is 10.6 Å². The summed E-state index contributed by atoms with van der Waals surface area (Å²) in [6, 6.07) is 12.8. The zero-order valence-corrected chi connectivity index (χ0v) is 16.4. The average Bonchev–Trinajstić information content (AvgIpc) is 2.84. The standard InChI is InChI=1S/C20H18ClN3O2S/c1-11-3-6-14(9-16(11)21)24-20-18(12(2)23-24)19(27-10-17(26)22-20)13-4-7-15(25)8-5-13/h3-9,19,25H,10H2,1-2H3,(H,22,26)/t19-/m1/s1. The van der Waals surface area contributed by atoms with Gasteiger partial charge >= 0.3 is 0 Å². The summed E-state index contributed by atoms with van der Waals surface area (Å²) in [5.74, 6) is 1.16. The molecule has 2 heterocycles. The molecule has 1 aliphatic heterocycles. The van der Waals surface area contributed by atoms with Crippen LogP contribution in [0.2, 0.25) is 5.02 Å². The molecule has 2 N–H and O–H groups in total. The maximum Gasteiger partial charge on any atom is 0.235 e. The van der Waals surface area contributed by atoms with E-state index in [9.17, 15) is 9.90 Å². The molecule has 7 heteroatoms. The molecule has 2 aromatic carbocycles. The SMILES string of the molecule is Cc1ccc(-n2nc(C)c3c2NC(=O)CS[C@@H]3c2ccc(O)cc2)cc1Cl. The van der Waals surface area contributed by atoms with Gasteiger partial charge in [0.2, 0.25) is 5.91 Å². The third-order valence-electron chi connectivity index (χ3n) is 4.60. The minimum Gasteiger partial charge on any atom is -0.508 e. The van der Waals surface area contributed by atoms with Gasteiger partial charge in [0.25, 0.3) is 0 Å². The lowest BCUT2D eigenvalue weighted by Gasteiger charge is -2.15. The molecule has 0 radical (unpaired) electrons. The van der Waals surface area contributed by atoms with Gasteiger partial charge in [-0.1, -0.05) is 29.8 Å². The highest BCUT2D eigenvalue weighted by Gasteiger charge is 2.30. The Morgan fingerprint density at radius 2 is 1.96 bits per heavy atom. The summed E-state index contributed by atoms with van der Waals surface area (Å²) < 4.78 is 1.74. The van der Waals surface area contributed by atoms with Gasteiger partial charge in [-0.25, -0.2) is 4.68 Å². The van der Waals surface area contributed by atoms with Crippen molar-refractivity contribution in [1.29, 1.82) is 0 Å². The van der Waals surface area contributed by atoms with E-state index < -0.39 is 0 Å². The maximum absolute atomic E-state index is 12.4. The molecule has 0 aliphatic carbocycles. The van der Waals surface area contributed by atoms with E-state index >= 15 is 0 Å². The van der Waals surface area contributed by atoms with Gasteiger partial charge in [-0.05, 0) is 49.2 Å². The number of carbonyl (C=O) groups is 1. The second-order valence-electron chi connectivity index (χ2n) is 6.52. The van der Waals surface area contributed by atoms with Crippen LogP contribution in [-0.2, 0) is 4.79 Å². The summed E-state index contributed by atoms with van der Waals surface area (Å²) in [6.45, 7) is 3.89. The van der Waals surface area contributed by atoms with Crippen molar-refractivity contribution in [3.63, 3.8) is 0 Å². The minimum atomic E-state index is -0.0677. The average molecular weight is 400 g/mol. The molecule has 1 aliphatic rings. The molecule has 0 fully saturated rings. The topological polar surface area (TPSA) is 67.2 Å². The molecule has 0 spiro atoms. The van der Waals surface area contributed by atoms with E-state index in [0.29, 0.717) is 16.6 Å². The summed E-state index contributed by atoms with van der Waals surface area (Å²) in [4.78, 5) is 12.4. The van der Waals surface area contributed by atoms with Crippen LogP contribution in [0.15, 0.2) is 42.5 Å². The van der Waals surface area contributed by atoms with E-state index in [-0.39, 0.29) is 16.9 Å². The van der Waals surface area contributed by atoms with Gasteiger partial charge in [-0.15, -0.1) is 11.8 Å². The Hall–Kier alpha value is -2.44. The Morgan fingerprint density at radius 1 is 1.22 bits per heavy atom. The molecule has 1 aromatic heterocycles. The van der Waals surface area contributed by atoms with E-state index in [2.05, 4.69) is 10.4 Å². The van der Waals surface area contributed by atoms with Crippen molar-refractivity contribution >= 4 is 35.1 Å². The number of aromatic hydroxyl groups is 1. The Kier molecular flexibility index (Phi) is 4.61. The van der Waals surface area contributed by atoms with Crippen molar-refractivity contribution in [1.82, 2.24) is 9.78 Å². The zero-order chi connectivity index (χ0) is 19.1. The van der Waals surface area contributed by atoms with Crippen LogP contribution in [0, 0.1) is 13.8 Å². The number of aromatic nitrogens is 2. The molecule has 0 unspecified atom stereocenters. The highest BCUT2D eigenvalue weighted by atomic mass is 35.5. The lowest BCUT2D eigenvalue weighted by Crippen LogP contribution is -2.15. The fourth-order valence-electron chi connectivity index (χ4n) is 3.20. The summed E-state index contributed by atoms with van der Waals surface area (Å²) in [5, 5.41) is 17.9. The summed E-state index contributed by atoms with van der Waals surface area (Å²) in [6.07, 6.45) is 0. The first-order valence-electron chi connectivity index (χ1n) is 8.50. The Balaban J connectivity index is 1.88. The number of phenols is 1. The molecule has 1 amide bonds. The van der Waals surface area contributed by atoms with Crippen LogP contribution in [-0.4, -0.2) is 26.5 Å². The maximum atomic E-state index is 12.4. The Labute approximate surface area is 166 Å². The van der Waals surface area contributed by atoms with Crippen molar-refractivity contribution in [2.45, 2.75) is 19.1 Å². The lowest BCUT2D eigenvalue weighted by molar-refractivity contribution is -0.113. The number of rotatable bonds is 2. The number of hydrogen-bond donors (Lipinski definition) is 2. The number of nitrogens with one attached hydrogen (secondary N) is 1. The third-order valence-corrected chi connectivity index (χ3v) is 6.28. The molecule has 0 saturated heterocycles. The number of nitrogens with zero attached hydrogens (tertiary/aromatic N) is 2. The molecule has 4 rings (SSSR count). The fourth-order valence-corrected chi connectivity index (χ4v) is 4.56. The van der Waals surface area contributed by atoms with Gasteiger partial charge < -0.3 is 10.4 Å². The van der Waals surface area contributed by atoms with Crippen LogP contribution >= 0.6 is 23.4 Å². The smallest absolute Gasteiger partial charge is 0.235 e. The third kappa shape index (κ3) is 3.31. The van der Waals surface area contributed by atoms with Crippen molar-refractivity contribution in [3.8, 4) is 11.4 Å². The number of hydrogen-bond acceptors (Lipinski definition) is 4. The van der Waals surface area contributed by atoms with Crippen LogP contribution in [0.1, 0.15) is 27.6 Å². The number of amides is 1. The number of carbonyl (C=O) groups excluding carboxylic acids is 1. The Morgan fingerprint density at radius 3 is 2.67 bits per heavy atom. The van der Waals surface area contributed by atoms with Crippen molar-refractivity contribution in [2.75, 3.05) is 11.1 Å². The van der Waals surface area contributed by atoms with E-state index in [0.717, 1.165) is 28.1 Å². The number of benzene rings is 2. The summed E-state index contributed by atoms with van der Waals surface area (Å²) >= 11 is 7.85. The van der Waals surface area contributed by atoms with Gasteiger partial charge in [-0.3, -0.25) is 4.79 Å². The Bertz CT molecular complexity index is 1030. The number of halogens is 1. The second kappa shape index (κ2) is 6.94. The quantitative estimate of drug-likeness (QED) is 0.659. The highest BCUT2D eigenvalue weighted by molar-refractivity contribution is 8.00. The van der Waals surface area contributed by atoms with Crippen molar-refractivity contribution in [2.24, 2.45) is 0 Å². The number of anilines is 1. The van der Waals surface area contributed by atoms with Crippen LogP contribution in [0.4, 0.5) is 5.82 Å². The zero-order valence-electron chi connectivity index (χ0n) is 14.9. The highest BCUT2D eigenvalue weighted by Crippen LogP contribution is 2.44. The number of aryl methyl sites for hydroxylation is 2. The summed E-state index contributed by atoms with van der Waals surface area (Å²) in [7, 11) is 0. The molecule has 0 bridgehead atoms. The molecule has 3 aromatic rings. The molecular formula is C20H18ClN3O2S. The summed E-state index contributed by atoms with van der Waals surface area (Å²) in [5.41, 5.74) is 4.60. The van der Waals surface area contributed by atoms with E-state index in [1.165, 1.54) is 0 Å². The van der Waals surface area contributed by atoms with E-state index in [4.69, 9.17) is 11.6 Å². The largest absolute Gasteiger partial charge is 0.508 e. The lowest BCUT2D eigenvalue weighted by atomic mass is 10.0. The molecular weight excluding hydrogens is 382 g/mol. The van der Waals surface area contributed by atoms with Gasteiger partial charge in [0.15, 0.2) is 0 Å².